The Labute approximate surface area is 84.1 Å². The zero-order valence-electron chi connectivity index (χ0n) is 7.51. The number of nitrogens with zero attached hydrogens (tertiary/aromatic N) is 1. The van der Waals surface area contributed by atoms with Gasteiger partial charge in [-0.3, -0.25) is 14.9 Å². The number of rotatable bonds is 3. The second-order valence-corrected chi connectivity index (χ2v) is 2.66. The van der Waals surface area contributed by atoms with Crippen LogP contribution in [0.3, 0.4) is 0 Å². The van der Waals surface area contributed by atoms with Gasteiger partial charge in [-0.15, -0.1) is 0 Å². The Bertz CT molecular complexity index is 404. The van der Waals surface area contributed by atoms with Gasteiger partial charge in [-0.2, -0.15) is 0 Å². The number of nitro groups is 1. The number of phenols is 1. The van der Waals surface area contributed by atoms with Crippen LogP contribution in [0.15, 0.2) is 18.2 Å². The van der Waals surface area contributed by atoms with Crippen LogP contribution in [0, 0.1) is 10.1 Å². The minimum Gasteiger partial charge on any atom is -0.506 e. The number of hydrogen-bond acceptors (Lipinski definition) is 5. The fraction of sp³-hybridized carbons (Fsp3) is 0.125. The number of non-ortho nitro benzene ring substituents is 1. The van der Waals surface area contributed by atoms with E-state index in [-0.39, 0.29) is 17.1 Å². The summed E-state index contributed by atoms with van der Waals surface area (Å²) >= 11 is 0. The summed E-state index contributed by atoms with van der Waals surface area (Å²) in [4.78, 5) is 20.5. The third-order valence-corrected chi connectivity index (χ3v) is 1.61. The molecule has 80 valence electrons. The SMILES string of the molecule is O=C(CO)Nc1cc([N+](=O)[O-])ccc1O. The molecule has 7 heteroatoms. The monoisotopic (exact) mass is 212 g/mol. The minimum absolute atomic E-state index is 0.108. The lowest BCUT2D eigenvalue weighted by molar-refractivity contribution is -0.384. The first-order chi connectivity index (χ1) is 7.04. The molecule has 0 saturated heterocycles. The Morgan fingerprint density at radius 1 is 1.53 bits per heavy atom. The molecular weight excluding hydrogens is 204 g/mol. The number of benzene rings is 1. The standard InChI is InChI=1S/C8H8N2O5/c11-4-8(13)9-6-3-5(10(14)15)1-2-7(6)12/h1-3,11-12H,4H2,(H,9,13). The van der Waals surface area contributed by atoms with Gasteiger partial charge in [-0.1, -0.05) is 0 Å². The average molecular weight is 212 g/mol. The van der Waals surface area contributed by atoms with E-state index in [2.05, 4.69) is 5.32 Å². The third-order valence-electron chi connectivity index (χ3n) is 1.61. The number of hydrogen-bond donors (Lipinski definition) is 3. The zero-order valence-corrected chi connectivity index (χ0v) is 7.51. The van der Waals surface area contributed by atoms with Crippen LogP contribution in [-0.2, 0) is 4.79 Å². The summed E-state index contributed by atoms with van der Waals surface area (Å²) in [5.41, 5.74) is -0.371. The number of aliphatic hydroxyl groups is 1. The maximum Gasteiger partial charge on any atom is 0.271 e. The van der Waals surface area contributed by atoms with Gasteiger partial charge in [-0.05, 0) is 6.07 Å². The molecule has 1 aromatic carbocycles. The molecule has 0 unspecified atom stereocenters. The van der Waals surface area contributed by atoms with Gasteiger partial charge >= 0.3 is 0 Å². The fourth-order valence-electron chi connectivity index (χ4n) is 0.927. The van der Waals surface area contributed by atoms with Gasteiger partial charge in [0.05, 0.1) is 10.6 Å². The molecule has 0 aliphatic heterocycles. The molecular formula is C8H8N2O5. The number of carbonyl (C=O) groups excluding carboxylic acids is 1. The van der Waals surface area contributed by atoms with E-state index < -0.39 is 17.4 Å². The van der Waals surface area contributed by atoms with E-state index in [9.17, 15) is 20.0 Å². The average Bonchev–Trinajstić information content (AvgIpc) is 2.20. The van der Waals surface area contributed by atoms with Crippen LogP contribution in [0.4, 0.5) is 11.4 Å². The molecule has 0 atom stereocenters. The normalized spacial score (nSPS) is 9.67. The number of anilines is 1. The van der Waals surface area contributed by atoms with Crippen LogP contribution in [0.1, 0.15) is 0 Å². The van der Waals surface area contributed by atoms with Gasteiger partial charge in [0.15, 0.2) is 0 Å². The van der Waals surface area contributed by atoms with E-state index in [1.54, 1.807) is 0 Å². The number of phenolic OH excluding ortho intramolecular Hbond substituents is 1. The van der Waals surface area contributed by atoms with E-state index in [0.717, 1.165) is 18.2 Å². The molecule has 0 spiro atoms. The zero-order chi connectivity index (χ0) is 11.4. The van der Waals surface area contributed by atoms with Crippen molar-refractivity contribution in [2.45, 2.75) is 0 Å². The summed E-state index contributed by atoms with van der Waals surface area (Å²) in [6.07, 6.45) is 0. The summed E-state index contributed by atoms with van der Waals surface area (Å²) in [5, 5.41) is 30.2. The summed E-state index contributed by atoms with van der Waals surface area (Å²) in [7, 11) is 0. The molecule has 0 fully saturated rings. The Morgan fingerprint density at radius 3 is 2.73 bits per heavy atom. The summed E-state index contributed by atoms with van der Waals surface area (Å²) in [6, 6.07) is 3.19. The number of amides is 1. The number of nitro benzene ring substituents is 1. The molecule has 0 aliphatic rings. The maximum absolute atomic E-state index is 10.8. The Balaban J connectivity index is 3.00. The quantitative estimate of drug-likeness (QED) is 0.377. The van der Waals surface area contributed by atoms with E-state index in [0.29, 0.717) is 0 Å². The van der Waals surface area contributed by atoms with Crippen molar-refractivity contribution in [1.82, 2.24) is 0 Å². The van der Waals surface area contributed by atoms with Crippen LogP contribution < -0.4 is 5.32 Å². The smallest absolute Gasteiger partial charge is 0.271 e. The third kappa shape index (κ3) is 2.64. The van der Waals surface area contributed by atoms with Crippen LogP contribution >= 0.6 is 0 Å². The fourth-order valence-corrected chi connectivity index (χ4v) is 0.927. The minimum atomic E-state index is -0.762. The molecule has 0 radical (unpaired) electrons. The highest BCUT2D eigenvalue weighted by Crippen LogP contribution is 2.27. The first-order valence-electron chi connectivity index (χ1n) is 3.92. The first kappa shape index (κ1) is 10.9. The molecule has 0 saturated carbocycles. The molecule has 0 bridgehead atoms. The topological polar surface area (TPSA) is 113 Å². The summed E-state index contributed by atoms with van der Waals surface area (Å²) < 4.78 is 0. The van der Waals surface area contributed by atoms with E-state index >= 15 is 0 Å². The van der Waals surface area contributed by atoms with Gasteiger partial charge < -0.3 is 15.5 Å². The van der Waals surface area contributed by atoms with Gasteiger partial charge in [0.2, 0.25) is 5.91 Å². The summed E-state index contributed by atoms with van der Waals surface area (Å²) in [6.45, 7) is -0.762. The molecule has 3 N–H and O–H groups in total. The molecule has 1 rings (SSSR count). The Kier molecular flexibility index (Phi) is 3.19. The second-order valence-electron chi connectivity index (χ2n) is 2.66. The molecule has 0 aliphatic carbocycles. The largest absolute Gasteiger partial charge is 0.506 e. The maximum atomic E-state index is 10.8. The highest BCUT2D eigenvalue weighted by atomic mass is 16.6. The van der Waals surface area contributed by atoms with Crippen molar-refractivity contribution in [3.8, 4) is 5.75 Å². The second kappa shape index (κ2) is 4.38. The number of aromatic hydroxyl groups is 1. The molecule has 1 aromatic rings. The predicted octanol–water partition coefficient (Wildman–Crippen LogP) is 0.231. The van der Waals surface area contributed by atoms with Crippen molar-refractivity contribution in [1.29, 1.82) is 0 Å². The number of aliphatic hydroxyl groups excluding tert-OH is 1. The molecule has 7 nitrogen and oxygen atoms in total. The number of nitrogens with one attached hydrogen (secondary N) is 1. The van der Waals surface area contributed by atoms with Crippen molar-refractivity contribution in [2.75, 3.05) is 11.9 Å². The van der Waals surface area contributed by atoms with Crippen molar-refractivity contribution < 1.29 is 19.9 Å². The van der Waals surface area contributed by atoms with E-state index in [1.807, 2.05) is 0 Å². The van der Waals surface area contributed by atoms with E-state index in [4.69, 9.17) is 5.11 Å². The van der Waals surface area contributed by atoms with Crippen molar-refractivity contribution >= 4 is 17.3 Å². The number of carbonyl (C=O) groups is 1. The highest BCUT2D eigenvalue weighted by Gasteiger charge is 2.11. The lowest BCUT2D eigenvalue weighted by Crippen LogP contribution is -2.15. The molecule has 0 aromatic heterocycles. The van der Waals surface area contributed by atoms with Gasteiger partial charge in [0, 0.05) is 12.1 Å². The van der Waals surface area contributed by atoms with Gasteiger partial charge in [-0.25, -0.2) is 0 Å². The van der Waals surface area contributed by atoms with Crippen molar-refractivity contribution in [3.63, 3.8) is 0 Å². The van der Waals surface area contributed by atoms with Crippen molar-refractivity contribution in [2.24, 2.45) is 0 Å². The molecule has 15 heavy (non-hydrogen) atoms. The predicted molar refractivity (Wildman–Crippen MR) is 50.5 cm³/mol. The lowest BCUT2D eigenvalue weighted by atomic mass is 10.2. The Morgan fingerprint density at radius 2 is 2.20 bits per heavy atom. The first-order valence-corrected chi connectivity index (χ1v) is 3.92. The van der Waals surface area contributed by atoms with Crippen LogP contribution in [0.5, 0.6) is 5.75 Å². The van der Waals surface area contributed by atoms with Gasteiger partial charge in [0.1, 0.15) is 12.4 Å². The van der Waals surface area contributed by atoms with E-state index in [1.165, 1.54) is 0 Å². The van der Waals surface area contributed by atoms with Crippen LogP contribution in [0.25, 0.3) is 0 Å². The van der Waals surface area contributed by atoms with Crippen molar-refractivity contribution in [3.05, 3.63) is 28.3 Å². The molecule has 0 heterocycles. The Hall–Kier alpha value is -2.15. The summed E-state index contributed by atoms with van der Waals surface area (Å²) in [5.74, 6) is -1.06. The van der Waals surface area contributed by atoms with Crippen LogP contribution in [-0.4, -0.2) is 27.7 Å². The van der Waals surface area contributed by atoms with Crippen LogP contribution in [0.2, 0.25) is 0 Å². The van der Waals surface area contributed by atoms with Gasteiger partial charge in [0.25, 0.3) is 5.69 Å². The molecule has 1 amide bonds. The lowest BCUT2D eigenvalue weighted by Gasteiger charge is -2.04. The highest BCUT2D eigenvalue weighted by molar-refractivity contribution is 5.93.